The van der Waals surface area contributed by atoms with Gasteiger partial charge in [-0.25, -0.2) is 0 Å². The third-order valence-corrected chi connectivity index (χ3v) is 5.15. The Bertz CT molecular complexity index is 378. The first-order chi connectivity index (χ1) is 7.95. The quantitative estimate of drug-likeness (QED) is 0.687. The molecular formula is C15H22O2. The molecule has 0 aliphatic heterocycles. The fraction of sp³-hybridized carbons (Fsp3) is 0.733. The van der Waals surface area contributed by atoms with Gasteiger partial charge in [-0.1, -0.05) is 27.2 Å². The summed E-state index contributed by atoms with van der Waals surface area (Å²) in [4.78, 5) is 22.5. The summed E-state index contributed by atoms with van der Waals surface area (Å²) in [6.45, 7) is 6.80. The van der Waals surface area contributed by atoms with Crippen molar-refractivity contribution < 1.29 is 9.59 Å². The Labute approximate surface area is 103 Å². The van der Waals surface area contributed by atoms with E-state index in [9.17, 15) is 9.59 Å². The highest BCUT2D eigenvalue weighted by Gasteiger charge is 2.50. The highest BCUT2D eigenvalue weighted by molar-refractivity contribution is 5.88. The summed E-state index contributed by atoms with van der Waals surface area (Å²) in [6, 6.07) is 0. The van der Waals surface area contributed by atoms with Gasteiger partial charge < -0.3 is 0 Å². The van der Waals surface area contributed by atoms with Crippen molar-refractivity contribution in [2.75, 3.05) is 0 Å². The van der Waals surface area contributed by atoms with Gasteiger partial charge in [0.15, 0.2) is 0 Å². The monoisotopic (exact) mass is 234 g/mol. The van der Waals surface area contributed by atoms with E-state index in [4.69, 9.17) is 0 Å². The van der Waals surface area contributed by atoms with E-state index in [1.807, 2.05) is 0 Å². The van der Waals surface area contributed by atoms with Crippen molar-refractivity contribution in [3.8, 4) is 0 Å². The van der Waals surface area contributed by atoms with Crippen molar-refractivity contribution in [3.05, 3.63) is 11.1 Å². The Hall–Kier alpha value is -0.920. The number of hydrogen-bond donors (Lipinski definition) is 0. The lowest BCUT2D eigenvalue weighted by Crippen LogP contribution is -2.46. The van der Waals surface area contributed by atoms with Crippen LogP contribution in [-0.4, -0.2) is 12.6 Å². The fourth-order valence-corrected chi connectivity index (χ4v) is 4.29. The largest absolute Gasteiger partial charge is 0.298 e. The first kappa shape index (κ1) is 12.5. The molecular weight excluding hydrogens is 212 g/mol. The number of aldehydes is 2. The molecule has 17 heavy (non-hydrogen) atoms. The van der Waals surface area contributed by atoms with Crippen LogP contribution >= 0.6 is 0 Å². The lowest BCUT2D eigenvalue weighted by Gasteiger charge is -2.53. The summed E-state index contributed by atoms with van der Waals surface area (Å²) in [5.74, 6) is 0.535. The van der Waals surface area contributed by atoms with Crippen LogP contribution in [0, 0.1) is 16.7 Å². The summed E-state index contributed by atoms with van der Waals surface area (Å²) < 4.78 is 0. The van der Waals surface area contributed by atoms with E-state index in [1.165, 1.54) is 6.42 Å². The summed E-state index contributed by atoms with van der Waals surface area (Å²) in [7, 11) is 0. The van der Waals surface area contributed by atoms with Gasteiger partial charge in [0.05, 0.1) is 0 Å². The van der Waals surface area contributed by atoms with E-state index < -0.39 is 0 Å². The second kappa shape index (κ2) is 4.08. The maximum absolute atomic E-state index is 11.4. The van der Waals surface area contributed by atoms with Gasteiger partial charge in [0.1, 0.15) is 12.6 Å². The van der Waals surface area contributed by atoms with Gasteiger partial charge in [-0.3, -0.25) is 9.59 Å². The SMILES string of the molecule is CC1(C)CCC[C@@]2(C)C(C=O)=C(C=O)CC[C@H]12. The maximum atomic E-state index is 11.4. The molecule has 2 atom stereocenters. The first-order valence-corrected chi connectivity index (χ1v) is 6.60. The van der Waals surface area contributed by atoms with Crippen LogP contribution in [0.3, 0.4) is 0 Å². The average Bonchev–Trinajstić information content (AvgIpc) is 2.26. The molecule has 2 nitrogen and oxygen atoms in total. The topological polar surface area (TPSA) is 34.1 Å². The highest BCUT2D eigenvalue weighted by Crippen LogP contribution is 2.58. The molecule has 94 valence electrons. The molecule has 2 heteroatoms. The number of hydrogen-bond acceptors (Lipinski definition) is 2. The van der Waals surface area contributed by atoms with Crippen LogP contribution in [0.25, 0.3) is 0 Å². The van der Waals surface area contributed by atoms with Crippen LogP contribution in [0.15, 0.2) is 11.1 Å². The molecule has 2 rings (SSSR count). The minimum absolute atomic E-state index is 0.0714. The lowest BCUT2D eigenvalue weighted by molar-refractivity contribution is -0.110. The molecule has 0 radical (unpaired) electrons. The van der Waals surface area contributed by atoms with Crippen molar-refractivity contribution in [3.63, 3.8) is 0 Å². The van der Waals surface area contributed by atoms with Crippen molar-refractivity contribution in [2.24, 2.45) is 16.7 Å². The van der Waals surface area contributed by atoms with Gasteiger partial charge in [0.25, 0.3) is 0 Å². The lowest BCUT2D eigenvalue weighted by atomic mass is 9.50. The summed E-state index contributed by atoms with van der Waals surface area (Å²) in [5, 5.41) is 0. The molecule has 1 fully saturated rings. The van der Waals surface area contributed by atoms with Crippen LogP contribution in [0.1, 0.15) is 52.9 Å². The van der Waals surface area contributed by atoms with Crippen molar-refractivity contribution in [2.45, 2.75) is 52.9 Å². The van der Waals surface area contributed by atoms with E-state index in [1.54, 1.807) is 0 Å². The summed E-state index contributed by atoms with van der Waals surface area (Å²) >= 11 is 0. The first-order valence-electron chi connectivity index (χ1n) is 6.60. The predicted molar refractivity (Wildman–Crippen MR) is 67.6 cm³/mol. The number of carbonyl (C=O) groups is 2. The molecule has 0 bridgehead atoms. The molecule has 0 heterocycles. The van der Waals surface area contributed by atoms with Crippen molar-refractivity contribution in [1.82, 2.24) is 0 Å². The number of carbonyl (C=O) groups excluding carboxylic acids is 2. The molecule has 2 aliphatic rings. The predicted octanol–water partition coefficient (Wildman–Crippen LogP) is 3.31. The molecule has 0 saturated heterocycles. The van der Waals surface area contributed by atoms with Crippen LogP contribution in [0.4, 0.5) is 0 Å². The number of rotatable bonds is 2. The van der Waals surface area contributed by atoms with Gasteiger partial charge in [-0.05, 0) is 48.0 Å². The standard InChI is InChI=1S/C15H22O2/c1-14(2)7-4-8-15(3)12(10-17)11(9-16)5-6-13(14)15/h9-10,13H,4-8H2,1-3H3/t13-,15+/m1/s1. The fourth-order valence-electron chi connectivity index (χ4n) is 4.29. The smallest absolute Gasteiger partial charge is 0.146 e. The second-order valence-corrected chi connectivity index (χ2v) is 6.53. The highest BCUT2D eigenvalue weighted by atomic mass is 16.1. The van der Waals surface area contributed by atoms with Gasteiger partial charge in [-0.2, -0.15) is 0 Å². The van der Waals surface area contributed by atoms with Crippen molar-refractivity contribution in [1.29, 1.82) is 0 Å². The second-order valence-electron chi connectivity index (χ2n) is 6.53. The van der Waals surface area contributed by atoms with Crippen LogP contribution in [0.5, 0.6) is 0 Å². The van der Waals surface area contributed by atoms with E-state index >= 15 is 0 Å². The van der Waals surface area contributed by atoms with E-state index in [0.717, 1.165) is 49.4 Å². The van der Waals surface area contributed by atoms with Crippen molar-refractivity contribution >= 4 is 12.6 Å². The normalized spacial score (nSPS) is 36.3. The van der Waals surface area contributed by atoms with Crippen LogP contribution in [-0.2, 0) is 9.59 Å². The average molecular weight is 234 g/mol. The van der Waals surface area contributed by atoms with Gasteiger partial charge in [-0.15, -0.1) is 0 Å². The van der Waals surface area contributed by atoms with E-state index in [0.29, 0.717) is 5.92 Å². The van der Waals surface area contributed by atoms with Gasteiger partial charge in [0, 0.05) is 5.57 Å². The zero-order chi connectivity index (χ0) is 12.7. The minimum Gasteiger partial charge on any atom is -0.298 e. The Morgan fingerprint density at radius 2 is 1.82 bits per heavy atom. The van der Waals surface area contributed by atoms with Crippen LogP contribution in [0.2, 0.25) is 0 Å². The Morgan fingerprint density at radius 1 is 1.12 bits per heavy atom. The molecule has 0 N–H and O–H groups in total. The number of fused-ring (bicyclic) bond motifs is 1. The summed E-state index contributed by atoms with van der Waals surface area (Å²) in [6.07, 6.45) is 7.10. The molecule has 2 aliphatic carbocycles. The third-order valence-electron chi connectivity index (χ3n) is 5.15. The van der Waals surface area contributed by atoms with E-state index in [-0.39, 0.29) is 10.8 Å². The summed E-state index contributed by atoms with van der Waals surface area (Å²) in [5.41, 5.74) is 1.75. The Balaban J connectivity index is 2.50. The number of allylic oxidation sites excluding steroid dienone is 2. The maximum Gasteiger partial charge on any atom is 0.146 e. The molecule has 1 saturated carbocycles. The molecule has 0 spiro atoms. The Morgan fingerprint density at radius 3 is 2.41 bits per heavy atom. The minimum atomic E-state index is -0.0714. The molecule has 0 amide bonds. The molecule has 0 unspecified atom stereocenters. The Kier molecular flexibility index (Phi) is 3.01. The third kappa shape index (κ3) is 1.78. The van der Waals surface area contributed by atoms with Gasteiger partial charge >= 0.3 is 0 Å². The van der Waals surface area contributed by atoms with E-state index in [2.05, 4.69) is 20.8 Å². The molecule has 0 aromatic rings. The molecule has 0 aromatic heterocycles. The zero-order valence-electron chi connectivity index (χ0n) is 11.1. The van der Waals surface area contributed by atoms with Crippen LogP contribution < -0.4 is 0 Å². The molecule has 0 aromatic carbocycles. The van der Waals surface area contributed by atoms with Gasteiger partial charge in [0.2, 0.25) is 0 Å². The zero-order valence-corrected chi connectivity index (χ0v) is 11.1.